The van der Waals surface area contributed by atoms with Crippen molar-refractivity contribution >= 4 is 30.1 Å². The van der Waals surface area contributed by atoms with Crippen LogP contribution in [0.5, 0.6) is 0 Å². The highest BCUT2D eigenvalue weighted by atomic mass is 35.5. The molecule has 0 heterocycles. The Hall–Kier alpha value is -0.710. The van der Waals surface area contributed by atoms with Crippen LogP contribution in [0.1, 0.15) is 30.6 Å². The van der Waals surface area contributed by atoms with E-state index in [1.54, 1.807) is 11.8 Å². The average molecular weight is 303 g/mol. The van der Waals surface area contributed by atoms with Crippen LogP contribution in [0.2, 0.25) is 0 Å². The molecule has 0 bridgehead atoms. The highest BCUT2D eigenvalue weighted by molar-refractivity contribution is 7.98. The molecule has 1 aromatic rings. The Kier molecular flexibility index (Phi) is 8.89. The van der Waals surface area contributed by atoms with Gasteiger partial charge in [0.2, 0.25) is 0 Å². The second-order valence-corrected chi connectivity index (χ2v) is 5.64. The molecule has 5 heteroatoms. The standard InChI is InChI=1S/C14H22N2OS.ClH/c1-10(2)8-12(9-15)16-14(17)11-4-6-13(18-3)7-5-11;/h4-7,10,12H,8-9,15H2,1-3H3,(H,16,17);1H. The molecule has 0 aliphatic rings. The number of nitrogens with one attached hydrogen (secondary N) is 1. The zero-order valence-electron chi connectivity index (χ0n) is 11.7. The molecule has 0 aliphatic carbocycles. The molecular formula is C14H23ClN2OS. The predicted molar refractivity (Wildman–Crippen MR) is 85.2 cm³/mol. The first kappa shape index (κ1) is 18.3. The van der Waals surface area contributed by atoms with Crippen LogP contribution in [0.15, 0.2) is 29.2 Å². The molecule has 1 rings (SSSR count). The number of carbonyl (C=O) groups is 1. The summed E-state index contributed by atoms with van der Waals surface area (Å²) >= 11 is 1.66. The van der Waals surface area contributed by atoms with Crippen LogP contribution < -0.4 is 11.1 Å². The Balaban J connectivity index is 0.00000324. The number of rotatable bonds is 6. The van der Waals surface area contributed by atoms with Gasteiger partial charge in [-0.25, -0.2) is 0 Å². The SMILES string of the molecule is CSc1ccc(C(=O)NC(CN)CC(C)C)cc1.Cl. The van der Waals surface area contributed by atoms with Gasteiger partial charge in [-0.2, -0.15) is 0 Å². The maximum atomic E-state index is 12.0. The van der Waals surface area contributed by atoms with E-state index in [-0.39, 0.29) is 24.4 Å². The minimum absolute atomic E-state index is 0. The normalized spacial score (nSPS) is 11.8. The molecule has 108 valence electrons. The van der Waals surface area contributed by atoms with E-state index in [9.17, 15) is 4.79 Å². The van der Waals surface area contributed by atoms with E-state index in [2.05, 4.69) is 19.2 Å². The summed E-state index contributed by atoms with van der Waals surface area (Å²) in [5, 5.41) is 2.98. The summed E-state index contributed by atoms with van der Waals surface area (Å²) in [5.41, 5.74) is 6.36. The third-order valence-electron chi connectivity index (χ3n) is 2.73. The van der Waals surface area contributed by atoms with Gasteiger partial charge in [-0.05, 0) is 42.9 Å². The molecule has 0 saturated carbocycles. The van der Waals surface area contributed by atoms with Gasteiger partial charge in [0.05, 0.1) is 0 Å². The predicted octanol–water partition coefficient (Wildman–Crippen LogP) is 2.93. The summed E-state index contributed by atoms with van der Waals surface area (Å²) in [4.78, 5) is 13.2. The van der Waals surface area contributed by atoms with Crippen LogP contribution in [0.3, 0.4) is 0 Å². The Morgan fingerprint density at radius 2 is 1.89 bits per heavy atom. The Morgan fingerprint density at radius 3 is 2.32 bits per heavy atom. The maximum Gasteiger partial charge on any atom is 0.251 e. The second-order valence-electron chi connectivity index (χ2n) is 4.76. The zero-order chi connectivity index (χ0) is 13.5. The van der Waals surface area contributed by atoms with Gasteiger partial charge >= 0.3 is 0 Å². The molecule has 0 aromatic heterocycles. The molecular weight excluding hydrogens is 280 g/mol. The van der Waals surface area contributed by atoms with Gasteiger partial charge in [0, 0.05) is 23.0 Å². The summed E-state index contributed by atoms with van der Waals surface area (Å²) in [6.45, 7) is 4.73. The lowest BCUT2D eigenvalue weighted by atomic mass is 10.0. The fourth-order valence-electron chi connectivity index (χ4n) is 1.79. The third-order valence-corrected chi connectivity index (χ3v) is 3.47. The lowest BCUT2D eigenvalue weighted by molar-refractivity contribution is 0.0933. The first-order chi connectivity index (χ1) is 8.56. The van der Waals surface area contributed by atoms with Gasteiger partial charge in [0.15, 0.2) is 0 Å². The van der Waals surface area contributed by atoms with Gasteiger partial charge in [-0.1, -0.05) is 13.8 Å². The Bertz CT molecular complexity index is 382. The maximum absolute atomic E-state index is 12.0. The summed E-state index contributed by atoms with van der Waals surface area (Å²) < 4.78 is 0. The summed E-state index contributed by atoms with van der Waals surface area (Å²) in [5.74, 6) is 0.483. The van der Waals surface area contributed by atoms with E-state index in [1.165, 1.54) is 0 Å². The van der Waals surface area contributed by atoms with Crippen molar-refractivity contribution < 1.29 is 4.79 Å². The number of amides is 1. The molecule has 0 spiro atoms. The first-order valence-corrected chi connectivity index (χ1v) is 7.44. The van der Waals surface area contributed by atoms with Crippen molar-refractivity contribution in [2.75, 3.05) is 12.8 Å². The van der Waals surface area contributed by atoms with Crippen molar-refractivity contribution in [2.24, 2.45) is 11.7 Å². The van der Waals surface area contributed by atoms with Crippen LogP contribution in [-0.4, -0.2) is 24.7 Å². The van der Waals surface area contributed by atoms with Crippen molar-refractivity contribution in [1.82, 2.24) is 5.32 Å². The van der Waals surface area contributed by atoms with Gasteiger partial charge in [0.25, 0.3) is 5.91 Å². The number of hydrogen-bond donors (Lipinski definition) is 2. The number of benzene rings is 1. The van der Waals surface area contributed by atoms with E-state index in [0.717, 1.165) is 11.3 Å². The van der Waals surface area contributed by atoms with E-state index < -0.39 is 0 Å². The largest absolute Gasteiger partial charge is 0.348 e. The van der Waals surface area contributed by atoms with E-state index in [0.29, 0.717) is 18.0 Å². The number of thioether (sulfide) groups is 1. The monoisotopic (exact) mass is 302 g/mol. The number of nitrogens with two attached hydrogens (primary N) is 1. The molecule has 0 saturated heterocycles. The minimum Gasteiger partial charge on any atom is -0.348 e. The zero-order valence-corrected chi connectivity index (χ0v) is 13.3. The topological polar surface area (TPSA) is 55.1 Å². The van der Waals surface area contributed by atoms with E-state index in [4.69, 9.17) is 5.73 Å². The summed E-state index contributed by atoms with van der Waals surface area (Å²) in [6.07, 6.45) is 2.92. The number of hydrogen-bond acceptors (Lipinski definition) is 3. The van der Waals surface area contributed by atoms with Crippen molar-refractivity contribution in [3.05, 3.63) is 29.8 Å². The highest BCUT2D eigenvalue weighted by Crippen LogP contribution is 2.15. The number of halogens is 1. The molecule has 1 atom stereocenters. The molecule has 19 heavy (non-hydrogen) atoms. The van der Waals surface area contributed by atoms with Gasteiger partial charge in [0.1, 0.15) is 0 Å². The molecule has 1 aromatic carbocycles. The van der Waals surface area contributed by atoms with Crippen LogP contribution in [-0.2, 0) is 0 Å². The average Bonchev–Trinajstić information content (AvgIpc) is 2.37. The fraction of sp³-hybridized carbons (Fsp3) is 0.500. The lowest BCUT2D eigenvalue weighted by Crippen LogP contribution is -2.41. The first-order valence-electron chi connectivity index (χ1n) is 6.21. The number of carbonyl (C=O) groups excluding carboxylic acids is 1. The van der Waals surface area contributed by atoms with Crippen LogP contribution in [0.25, 0.3) is 0 Å². The molecule has 0 radical (unpaired) electrons. The Labute approximate surface area is 126 Å². The van der Waals surface area contributed by atoms with Gasteiger partial charge < -0.3 is 11.1 Å². The van der Waals surface area contributed by atoms with Gasteiger partial charge in [-0.15, -0.1) is 24.2 Å². The van der Waals surface area contributed by atoms with E-state index >= 15 is 0 Å². The highest BCUT2D eigenvalue weighted by Gasteiger charge is 2.13. The second kappa shape index (κ2) is 9.23. The summed E-state index contributed by atoms with van der Waals surface area (Å²) in [6, 6.07) is 7.67. The quantitative estimate of drug-likeness (QED) is 0.794. The molecule has 0 fully saturated rings. The fourth-order valence-corrected chi connectivity index (χ4v) is 2.20. The van der Waals surface area contributed by atoms with Crippen molar-refractivity contribution in [1.29, 1.82) is 0 Å². The lowest BCUT2D eigenvalue weighted by Gasteiger charge is -2.18. The van der Waals surface area contributed by atoms with Crippen molar-refractivity contribution in [3.63, 3.8) is 0 Å². The molecule has 3 nitrogen and oxygen atoms in total. The molecule has 1 amide bonds. The minimum atomic E-state index is -0.0428. The van der Waals surface area contributed by atoms with Gasteiger partial charge in [-0.3, -0.25) is 4.79 Å². The summed E-state index contributed by atoms with van der Waals surface area (Å²) in [7, 11) is 0. The third kappa shape index (κ3) is 6.32. The van der Waals surface area contributed by atoms with Crippen LogP contribution >= 0.6 is 24.2 Å². The molecule has 1 unspecified atom stereocenters. The molecule has 3 N–H and O–H groups in total. The van der Waals surface area contributed by atoms with Crippen LogP contribution in [0.4, 0.5) is 0 Å². The van der Waals surface area contributed by atoms with Crippen molar-refractivity contribution in [2.45, 2.75) is 31.2 Å². The smallest absolute Gasteiger partial charge is 0.251 e. The Morgan fingerprint density at radius 1 is 1.32 bits per heavy atom. The van der Waals surface area contributed by atoms with E-state index in [1.807, 2.05) is 30.5 Å². The van der Waals surface area contributed by atoms with Crippen molar-refractivity contribution in [3.8, 4) is 0 Å². The van der Waals surface area contributed by atoms with Crippen LogP contribution in [0, 0.1) is 5.92 Å². The molecule has 0 aliphatic heterocycles.